The molecule has 0 aliphatic heterocycles. The minimum absolute atomic E-state index is 0.861. The van der Waals surface area contributed by atoms with Crippen molar-refractivity contribution in [3.05, 3.63) is 0 Å². The van der Waals surface area contributed by atoms with Crippen LogP contribution >= 0.6 is 0 Å². The van der Waals surface area contributed by atoms with E-state index < -0.39 is 0 Å². The van der Waals surface area contributed by atoms with Gasteiger partial charge in [0.05, 0.1) is 0 Å². The van der Waals surface area contributed by atoms with Crippen molar-refractivity contribution in [3.8, 4) is 0 Å². The van der Waals surface area contributed by atoms with Crippen molar-refractivity contribution in [2.75, 3.05) is 6.54 Å². The van der Waals surface area contributed by atoms with E-state index in [4.69, 9.17) is 5.73 Å². The van der Waals surface area contributed by atoms with Gasteiger partial charge in [-0.25, -0.2) is 0 Å². The molecule has 0 aromatic carbocycles. The predicted octanol–water partition coefficient (Wildman–Crippen LogP) is 0.991. The molecule has 7 heavy (non-hydrogen) atoms. The normalized spacial score (nSPS) is 40.3. The van der Waals surface area contributed by atoms with E-state index in [1.165, 1.54) is 12.8 Å². The number of hydrogen-bond acceptors (Lipinski definition) is 1. The summed E-state index contributed by atoms with van der Waals surface area (Å²) in [6.45, 7) is 3.18. The van der Waals surface area contributed by atoms with Crippen LogP contribution in [0.25, 0.3) is 0 Å². The summed E-state index contributed by atoms with van der Waals surface area (Å²) < 4.78 is 0. The van der Waals surface area contributed by atoms with Gasteiger partial charge in [-0.1, -0.05) is 13.3 Å². The highest BCUT2D eigenvalue weighted by atomic mass is 14.6. The summed E-state index contributed by atoms with van der Waals surface area (Å²) in [5.41, 5.74) is 5.42. The SMILES string of the molecule is C[C@H]1CC[C@@H]1CN. The van der Waals surface area contributed by atoms with Gasteiger partial charge >= 0.3 is 0 Å². The lowest BCUT2D eigenvalue weighted by Crippen LogP contribution is -2.29. The van der Waals surface area contributed by atoms with Gasteiger partial charge in [-0.05, 0) is 24.8 Å². The largest absolute Gasteiger partial charge is 0.330 e. The maximum Gasteiger partial charge on any atom is -0.00463 e. The predicted molar refractivity (Wildman–Crippen MR) is 30.9 cm³/mol. The standard InChI is InChI=1S/C6H13N/c1-5-2-3-6(5)4-7/h5-6H,2-4,7H2,1H3/t5-,6+/m0/s1. The quantitative estimate of drug-likeness (QED) is 0.521. The maximum atomic E-state index is 5.42. The van der Waals surface area contributed by atoms with Crippen LogP contribution in [0.15, 0.2) is 0 Å². The van der Waals surface area contributed by atoms with Crippen molar-refractivity contribution >= 4 is 0 Å². The van der Waals surface area contributed by atoms with Gasteiger partial charge in [-0.15, -0.1) is 0 Å². The third-order valence-corrected chi connectivity index (χ3v) is 2.10. The zero-order valence-electron chi connectivity index (χ0n) is 4.85. The summed E-state index contributed by atoms with van der Waals surface area (Å²) >= 11 is 0. The molecule has 1 rings (SSSR count). The average molecular weight is 99.2 g/mol. The molecule has 42 valence electrons. The second-order valence-corrected chi connectivity index (χ2v) is 2.55. The molecule has 0 bridgehead atoms. The molecule has 0 unspecified atom stereocenters. The van der Waals surface area contributed by atoms with Crippen molar-refractivity contribution in [2.24, 2.45) is 17.6 Å². The van der Waals surface area contributed by atoms with Crippen molar-refractivity contribution in [1.29, 1.82) is 0 Å². The molecule has 0 aromatic rings. The summed E-state index contributed by atoms with van der Waals surface area (Å²) in [6.07, 6.45) is 2.78. The average Bonchev–Trinajstić information content (AvgIpc) is 1.65. The molecule has 1 saturated carbocycles. The highest BCUT2D eigenvalue weighted by Crippen LogP contribution is 2.31. The zero-order chi connectivity index (χ0) is 5.28. The molecule has 2 N–H and O–H groups in total. The van der Waals surface area contributed by atoms with Crippen molar-refractivity contribution in [1.82, 2.24) is 0 Å². The molecular weight excluding hydrogens is 86.1 g/mol. The van der Waals surface area contributed by atoms with Crippen molar-refractivity contribution in [2.45, 2.75) is 19.8 Å². The Morgan fingerprint density at radius 1 is 1.57 bits per heavy atom. The van der Waals surface area contributed by atoms with Crippen LogP contribution in [0.4, 0.5) is 0 Å². The molecule has 1 nitrogen and oxygen atoms in total. The fourth-order valence-corrected chi connectivity index (χ4v) is 1.09. The molecule has 0 saturated heterocycles. The first kappa shape index (κ1) is 5.10. The minimum Gasteiger partial charge on any atom is -0.330 e. The molecule has 0 spiro atoms. The van der Waals surface area contributed by atoms with Gasteiger partial charge in [0.1, 0.15) is 0 Å². The lowest BCUT2D eigenvalue weighted by atomic mass is 9.75. The van der Waals surface area contributed by atoms with Crippen LogP contribution in [0.3, 0.4) is 0 Å². The number of nitrogens with two attached hydrogens (primary N) is 1. The van der Waals surface area contributed by atoms with Crippen LogP contribution in [0, 0.1) is 11.8 Å². The van der Waals surface area contributed by atoms with E-state index in [9.17, 15) is 0 Å². The van der Waals surface area contributed by atoms with Crippen LogP contribution in [0.1, 0.15) is 19.8 Å². The molecule has 2 atom stereocenters. The first-order chi connectivity index (χ1) is 3.34. The number of rotatable bonds is 1. The third-order valence-electron chi connectivity index (χ3n) is 2.10. The Morgan fingerprint density at radius 3 is 2.29 bits per heavy atom. The van der Waals surface area contributed by atoms with E-state index in [2.05, 4.69) is 6.92 Å². The molecule has 1 aliphatic carbocycles. The highest BCUT2D eigenvalue weighted by Gasteiger charge is 2.24. The van der Waals surface area contributed by atoms with Crippen molar-refractivity contribution in [3.63, 3.8) is 0 Å². The topological polar surface area (TPSA) is 26.0 Å². The van der Waals surface area contributed by atoms with Gasteiger partial charge in [0.25, 0.3) is 0 Å². The molecule has 1 fully saturated rings. The third kappa shape index (κ3) is 0.778. The van der Waals surface area contributed by atoms with Gasteiger partial charge in [0.2, 0.25) is 0 Å². The van der Waals surface area contributed by atoms with Crippen LogP contribution in [0.5, 0.6) is 0 Å². The zero-order valence-corrected chi connectivity index (χ0v) is 4.85. The fraction of sp³-hybridized carbons (Fsp3) is 1.00. The molecular formula is C6H13N. The molecule has 1 heteroatoms. The van der Waals surface area contributed by atoms with E-state index in [1.54, 1.807) is 0 Å². The van der Waals surface area contributed by atoms with E-state index in [-0.39, 0.29) is 0 Å². The van der Waals surface area contributed by atoms with Crippen LogP contribution in [-0.2, 0) is 0 Å². The monoisotopic (exact) mass is 99.1 g/mol. The van der Waals surface area contributed by atoms with Gasteiger partial charge in [0, 0.05) is 0 Å². The summed E-state index contributed by atoms with van der Waals surface area (Å²) in [4.78, 5) is 0. The lowest BCUT2D eigenvalue weighted by molar-refractivity contribution is 0.205. The Balaban J connectivity index is 2.16. The summed E-state index contributed by atoms with van der Waals surface area (Å²) in [5, 5.41) is 0. The summed E-state index contributed by atoms with van der Waals surface area (Å²) in [7, 11) is 0. The first-order valence-corrected chi connectivity index (χ1v) is 3.04. The Labute approximate surface area is 44.9 Å². The smallest absolute Gasteiger partial charge is 0.00463 e. The lowest BCUT2D eigenvalue weighted by Gasteiger charge is -2.32. The van der Waals surface area contributed by atoms with Crippen LogP contribution < -0.4 is 5.73 Å². The fourth-order valence-electron chi connectivity index (χ4n) is 1.09. The number of hydrogen-bond donors (Lipinski definition) is 1. The molecule has 1 aliphatic rings. The van der Waals surface area contributed by atoms with E-state index in [0.717, 1.165) is 18.4 Å². The van der Waals surface area contributed by atoms with E-state index in [1.807, 2.05) is 0 Å². The summed E-state index contributed by atoms with van der Waals surface area (Å²) in [5.74, 6) is 1.78. The second-order valence-electron chi connectivity index (χ2n) is 2.55. The van der Waals surface area contributed by atoms with Crippen molar-refractivity contribution < 1.29 is 0 Å². The van der Waals surface area contributed by atoms with Gasteiger partial charge in [-0.2, -0.15) is 0 Å². The van der Waals surface area contributed by atoms with Gasteiger partial charge in [-0.3, -0.25) is 0 Å². The van der Waals surface area contributed by atoms with E-state index >= 15 is 0 Å². The Morgan fingerprint density at radius 2 is 2.29 bits per heavy atom. The Kier molecular flexibility index (Phi) is 1.33. The minimum atomic E-state index is 0.861. The van der Waals surface area contributed by atoms with Crippen LogP contribution in [0.2, 0.25) is 0 Å². The van der Waals surface area contributed by atoms with E-state index in [0.29, 0.717) is 0 Å². The Hall–Kier alpha value is -0.0400. The van der Waals surface area contributed by atoms with Gasteiger partial charge < -0.3 is 5.73 Å². The Bertz CT molecular complexity index is 59.2. The van der Waals surface area contributed by atoms with Gasteiger partial charge in [0.15, 0.2) is 0 Å². The molecule has 0 heterocycles. The maximum absolute atomic E-state index is 5.42. The van der Waals surface area contributed by atoms with Crippen LogP contribution in [-0.4, -0.2) is 6.54 Å². The molecule has 0 amide bonds. The second kappa shape index (κ2) is 1.83. The highest BCUT2D eigenvalue weighted by molar-refractivity contribution is 4.77. The molecule has 0 radical (unpaired) electrons. The molecule has 0 aromatic heterocycles. The first-order valence-electron chi connectivity index (χ1n) is 3.04. The summed E-state index contributed by atoms with van der Waals surface area (Å²) in [6, 6.07) is 0.